The Morgan fingerprint density at radius 1 is 1.24 bits per heavy atom. The summed E-state index contributed by atoms with van der Waals surface area (Å²) in [7, 11) is -3.65. The Balaban J connectivity index is 0.00000312. The predicted octanol–water partition coefficient (Wildman–Crippen LogP) is 2.92. The topological polar surface area (TPSA) is 96.6 Å². The van der Waals surface area contributed by atoms with Crippen LogP contribution in [0.1, 0.15) is 17.4 Å². The van der Waals surface area contributed by atoms with Crippen LogP contribution in [0.4, 0.5) is 0 Å². The van der Waals surface area contributed by atoms with E-state index in [1.165, 1.54) is 6.07 Å². The standard InChI is InChI=1S/C15H19ClN4O2S2.HI/c1-2-18-15(19-9-11-5-3-4-6-13(11)16)20-10-12-7-8-14(23-12)24(17,21)22;/h3-8H,2,9-10H2,1H3,(H2,17,21,22)(H2,18,19,20);1H. The van der Waals surface area contributed by atoms with Crippen LogP contribution < -0.4 is 15.8 Å². The molecule has 0 aliphatic carbocycles. The van der Waals surface area contributed by atoms with Crippen molar-refractivity contribution in [1.29, 1.82) is 0 Å². The minimum Gasteiger partial charge on any atom is -0.357 e. The zero-order chi connectivity index (χ0) is 17.6. The summed E-state index contributed by atoms with van der Waals surface area (Å²) in [6.45, 7) is 3.58. The van der Waals surface area contributed by atoms with E-state index in [0.717, 1.165) is 21.8 Å². The number of halogens is 2. The third-order valence-electron chi connectivity index (χ3n) is 3.06. The molecule has 0 atom stereocenters. The maximum absolute atomic E-state index is 11.3. The van der Waals surface area contributed by atoms with Crippen LogP contribution in [-0.4, -0.2) is 20.9 Å². The summed E-state index contributed by atoms with van der Waals surface area (Å²) < 4.78 is 22.7. The molecule has 0 saturated heterocycles. The first-order valence-electron chi connectivity index (χ1n) is 7.27. The van der Waals surface area contributed by atoms with Gasteiger partial charge in [-0.15, -0.1) is 35.3 Å². The Morgan fingerprint density at radius 3 is 2.56 bits per heavy atom. The van der Waals surface area contributed by atoms with Gasteiger partial charge in [0.2, 0.25) is 10.0 Å². The summed E-state index contributed by atoms with van der Waals surface area (Å²) in [6, 6.07) is 10.8. The molecule has 1 aromatic carbocycles. The lowest BCUT2D eigenvalue weighted by atomic mass is 10.2. The lowest BCUT2D eigenvalue weighted by Gasteiger charge is -2.10. The second-order valence-corrected chi connectivity index (χ2v) is 8.27. The summed E-state index contributed by atoms with van der Waals surface area (Å²) in [6.07, 6.45) is 0. The van der Waals surface area contributed by atoms with Crippen molar-refractivity contribution in [3.63, 3.8) is 0 Å². The Morgan fingerprint density at radius 2 is 1.96 bits per heavy atom. The van der Waals surface area contributed by atoms with Gasteiger partial charge in [0.1, 0.15) is 4.21 Å². The molecule has 0 aliphatic heterocycles. The molecule has 25 heavy (non-hydrogen) atoms. The van der Waals surface area contributed by atoms with Crippen LogP contribution in [0.25, 0.3) is 0 Å². The zero-order valence-electron chi connectivity index (χ0n) is 13.5. The third-order valence-corrected chi connectivity index (χ3v) is 5.95. The quantitative estimate of drug-likeness (QED) is 0.314. The number of nitrogens with one attached hydrogen (secondary N) is 2. The summed E-state index contributed by atoms with van der Waals surface area (Å²) in [5, 5.41) is 12.1. The van der Waals surface area contributed by atoms with E-state index in [4.69, 9.17) is 16.7 Å². The molecular formula is C15H20ClIN4O2S2. The summed E-state index contributed by atoms with van der Waals surface area (Å²) in [5.41, 5.74) is 0.934. The number of hydrogen-bond acceptors (Lipinski definition) is 4. The van der Waals surface area contributed by atoms with Gasteiger partial charge in [-0.25, -0.2) is 18.5 Å². The lowest BCUT2D eigenvalue weighted by molar-refractivity contribution is 0.600. The monoisotopic (exact) mass is 514 g/mol. The second kappa shape index (κ2) is 10.3. The molecule has 0 aliphatic rings. The van der Waals surface area contributed by atoms with Crippen LogP contribution in [0.3, 0.4) is 0 Å². The number of aliphatic imine (C=N–C) groups is 1. The fourth-order valence-corrected chi connectivity index (χ4v) is 3.82. The number of nitrogens with two attached hydrogens (primary N) is 1. The van der Waals surface area contributed by atoms with Crippen molar-refractivity contribution in [3.8, 4) is 0 Å². The Bertz CT molecular complexity index is 824. The van der Waals surface area contributed by atoms with Crippen LogP contribution in [-0.2, 0) is 23.1 Å². The van der Waals surface area contributed by atoms with Crippen LogP contribution in [0.2, 0.25) is 5.02 Å². The lowest BCUT2D eigenvalue weighted by Crippen LogP contribution is -2.36. The maximum Gasteiger partial charge on any atom is 0.247 e. The summed E-state index contributed by atoms with van der Waals surface area (Å²) >= 11 is 7.26. The molecule has 0 spiro atoms. The van der Waals surface area contributed by atoms with Crippen LogP contribution in [0.15, 0.2) is 45.6 Å². The van der Waals surface area contributed by atoms with Crippen molar-refractivity contribution in [3.05, 3.63) is 51.9 Å². The minimum atomic E-state index is -3.65. The van der Waals surface area contributed by atoms with E-state index in [0.29, 0.717) is 30.6 Å². The number of thiophene rings is 1. The van der Waals surface area contributed by atoms with E-state index < -0.39 is 10.0 Å². The number of nitrogens with zero attached hydrogens (tertiary/aromatic N) is 1. The van der Waals surface area contributed by atoms with Crippen molar-refractivity contribution >= 4 is 62.9 Å². The minimum absolute atomic E-state index is 0. The van der Waals surface area contributed by atoms with Gasteiger partial charge in [0.05, 0.1) is 13.1 Å². The van der Waals surface area contributed by atoms with Gasteiger partial charge in [0.25, 0.3) is 0 Å². The average Bonchev–Trinajstić information content (AvgIpc) is 3.00. The molecule has 0 fully saturated rings. The molecule has 1 aromatic heterocycles. The fourth-order valence-electron chi connectivity index (χ4n) is 1.91. The van der Waals surface area contributed by atoms with E-state index >= 15 is 0 Å². The van der Waals surface area contributed by atoms with Crippen molar-refractivity contribution in [2.75, 3.05) is 6.54 Å². The zero-order valence-corrected chi connectivity index (χ0v) is 18.2. The number of primary sulfonamides is 1. The highest BCUT2D eigenvalue weighted by atomic mass is 127. The van der Waals surface area contributed by atoms with E-state index in [9.17, 15) is 8.42 Å². The van der Waals surface area contributed by atoms with Crippen LogP contribution >= 0.6 is 46.9 Å². The van der Waals surface area contributed by atoms with Crippen LogP contribution in [0, 0.1) is 0 Å². The summed E-state index contributed by atoms with van der Waals surface area (Å²) in [5.74, 6) is 0.628. The number of benzene rings is 1. The molecule has 0 amide bonds. The number of rotatable bonds is 6. The molecular weight excluding hydrogens is 495 g/mol. The molecule has 10 heteroatoms. The molecule has 2 rings (SSSR count). The Labute approximate surface area is 173 Å². The third kappa shape index (κ3) is 7.10. The molecule has 2 aromatic rings. The number of hydrogen-bond donors (Lipinski definition) is 3. The summed E-state index contributed by atoms with van der Waals surface area (Å²) in [4.78, 5) is 5.34. The highest BCUT2D eigenvalue weighted by molar-refractivity contribution is 14.0. The first kappa shape index (κ1) is 22.2. The SMILES string of the molecule is CCNC(=NCc1ccccc1Cl)NCc1ccc(S(N)(=O)=O)s1.I. The molecule has 4 N–H and O–H groups in total. The van der Waals surface area contributed by atoms with Gasteiger partial charge in [-0.3, -0.25) is 0 Å². The number of guanidine groups is 1. The Kier molecular flexibility index (Phi) is 9.14. The van der Waals surface area contributed by atoms with Gasteiger partial charge in [-0.05, 0) is 30.7 Å². The first-order chi connectivity index (χ1) is 11.4. The van der Waals surface area contributed by atoms with Gasteiger partial charge in [0, 0.05) is 16.4 Å². The second-order valence-electron chi connectivity index (χ2n) is 4.91. The van der Waals surface area contributed by atoms with Crippen molar-refractivity contribution in [2.24, 2.45) is 10.1 Å². The Hall–Kier alpha value is -0.880. The highest BCUT2D eigenvalue weighted by Crippen LogP contribution is 2.20. The molecule has 6 nitrogen and oxygen atoms in total. The smallest absolute Gasteiger partial charge is 0.247 e. The van der Waals surface area contributed by atoms with Gasteiger partial charge in [0.15, 0.2) is 5.96 Å². The first-order valence-corrected chi connectivity index (χ1v) is 10.0. The molecule has 138 valence electrons. The molecule has 1 heterocycles. The maximum atomic E-state index is 11.3. The highest BCUT2D eigenvalue weighted by Gasteiger charge is 2.11. The van der Waals surface area contributed by atoms with Gasteiger partial charge >= 0.3 is 0 Å². The van der Waals surface area contributed by atoms with E-state index in [1.807, 2.05) is 31.2 Å². The largest absolute Gasteiger partial charge is 0.357 e. The average molecular weight is 515 g/mol. The van der Waals surface area contributed by atoms with Gasteiger partial charge in [-0.2, -0.15) is 0 Å². The fraction of sp³-hybridized carbons (Fsp3) is 0.267. The molecule has 0 radical (unpaired) electrons. The van der Waals surface area contributed by atoms with Crippen LogP contribution in [0.5, 0.6) is 0 Å². The molecule has 0 bridgehead atoms. The van der Waals surface area contributed by atoms with E-state index in [2.05, 4.69) is 15.6 Å². The molecule has 0 unspecified atom stereocenters. The van der Waals surface area contributed by atoms with Crippen molar-refractivity contribution in [2.45, 2.75) is 24.2 Å². The van der Waals surface area contributed by atoms with Crippen molar-refractivity contribution < 1.29 is 8.42 Å². The van der Waals surface area contributed by atoms with E-state index in [1.54, 1.807) is 6.07 Å². The van der Waals surface area contributed by atoms with Crippen molar-refractivity contribution in [1.82, 2.24) is 10.6 Å². The normalized spacial score (nSPS) is 11.7. The van der Waals surface area contributed by atoms with Gasteiger partial charge in [-0.1, -0.05) is 29.8 Å². The van der Waals surface area contributed by atoms with E-state index in [-0.39, 0.29) is 28.2 Å². The van der Waals surface area contributed by atoms with Gasteiger partial charge < -0.3 is 10.6 Å². The predicted molar refractivity (Wildman–Crippen MR) is 114 cm³/mol. The molecule has 0 saturated carbocycles. The number of sulfonamides is 1.